The van der Waals surface area contributed by atoms with Crippen LogP contribution in [0.4, 0.5) is 0 Å². The van der Waals surface area contributed by atoms with Crippen molar-refractivity contribution in [1.82, 2.24) is 0 Å². The van der Waals surface area contributed by atoms with Gasteiger partial charge in [0.05, 0.1) is 16.6 Å². The zero-order valence-electron chi connectivity index (χ0n) is 20.5. The minimum Gasteiger partial charge on any atom is -0.456 e. The van der Waals surface area contributed by atoms with Crippen molar-refractivity contribution in [1.29, 1.82) is 0 Å². The van der Waals surface area contributed by atoms with Gasteiger partial charge in [0.15, 0.2) is 0 Å². The normalized spacial score (nSPS) is 19.3. The van der Waals surface area contributed by atoms with E-state index in [1.807, 2.05) is 0 Å². The summed E-state index contributed by atoms with van der Waals surface area (Å²) in [5.41, 5.74) is 6.38. The van der Waals surface area contributed by atoms with Crippen LogP contribution < -0.4 is 5.46 Å². The van der Waals surface area contributed by atoms with Gasteiger partial charge in [-0.25, -0.2) is 0 Å². The number of hydrogen-bond donors (Lipinski definition) is 0. The summed E-state index contributed by atoms with van der Waals surface area (Å²) in [6.07, 6.45) is 0. The summed E-state index contributed by atoms with van der Waals surface area (Å²) in [7, 11) is -0.481. The van der Waals surface area contributed by atoms with Crippen molar-refractivity contribution in [2.24, 2.45) is 0 Å². The Morgan fingerprint density at radius 3 is 1.74 bits per heavy atom. The van der Waals surface area contributed by atoms with Crippen LogP contribution in [0.2, 0.25) is 0 Å². The van der Waals surface area contributed by atoms with Gasteiger partial charge in [-0.3, -0.25) is 0 Å². The molecule has 0 radical (unpaired) electrons. The summed E-state index contributed by atoms with van der Waals surface area (Å²) in [6, 6.07) is 32.3. The standard InChI is InChI=1S/C31H27BO3/c1-29(2)30(3,4)35-32(34-29)23-18-19-25-27-26-22(16-11-17-24(26)33-25)31(28(23)27,20-12-7-5-8-13-20)21-14-9-6-10-15-21/h5-19H,1-4H3. The van der Waals surface area contributed by atoms with Crippen molar-refractivity contribution in [3.05, 3.63) is 113 Å². The molecule has 1 fully saturated rings. The lowest BCUT2D eigenvalue weighted by Crippen LogP contribution is -2.42. The van der Waals surface area contributed by atoms with Crippen molar-refractivity contribution >= 4 is 34.5 Å². The van der Waals surface area contributed by atoms with E-state index in [9.17, 15) is 0 Å². The van der Waals surface area contributed by atoms with E-state index in [-0.39, 0.29) is 0 Å². The van der Waals surface area contributed by atoms with Crippen molar-refractivity contribution in [2.45, 2.75) is 44.3 Å². The molecule has 0 saturated carbocycles. The smallest absolute Gasteiger partial charge is 0.456 e. The highest BCUT2D eigenvalue weighted by Gasteiger charge is 2.55. The van der Waals surface area contributed by atoms with Crippen LogP contribution in [-0.2, 0) is 14.7 Å². The second kappa shape index (κ2) is 6.87. The first-order valence-electron chi connectivity index (χ1n) is 12.3. The molecule has 5 aromatic rings. The third-order valence-electron chi connectivity index (χ3n) is 8.40. The molecule has 0 N–H and O–H groups in total. The molecule has 2 heterocycles. The van der Waals surface area contributed by atoms with E-state index in [0.717, 1.165) is 22.0 Å². The fourth-order valence-electron chi connectivity index (χ4n) is 6.09. The molecule has 4 aromatic carbocycles. The Labute approximate surface area is 205 Å². The Balaban J connectivity index is 1.64. The summed E-state index contributed by atoms with van der Waals surface area (Å²) in [5, 5.41) is 2.35. The zero-order chi connectivity index (χ0) is 24.0. The van der Waals surface area contributed by atoms with Gasteiger partial charge in [0.25, 0.3) is 0 Å². The van der Waals surface area contributed by atoms with Crippen LogP contribution in [0, 0.1) is 0 Å². The number of hydrogen-bond acceptors (Lipinski definition) is 3. The summed E-state index contributed by atoms with van der Waals surface area (Å²) < 4.78 is 19.6. The maximum Gasteiger partial charge on any atom is 0.495 e. The van der Waals surface area contributed by atoms with Crippen LogP contribution >= 0.6 is 0 Å². The average Bonchev–Trinajstić information content (AvgIpc) is 3.46. The van der Waals surface area contributed by atoms with E-state index in [0.29, 0.717) is 0 Å². The fraction of sp³-hybridized carbons (Fsp3) is 0.226. The minimum atomic E-state index is -0.512. The quantitative estimate of drug-likeness (QED) is 0.281. The lowest BCUT2D eigenvalue weighted by atomic mass is 9.61. The maximum absolute atomic E-state index is 6.63. The largest absolute Gasteiger partial charge is 0.495 e. The van der Waals surface area contributed by atoms with E-state index in [1.54, 1.807) is 0 Å². The predicted molar refractivity (Wildman–Crippen MR) is 141 cm³/mol. The molecule has 172 valence electrons. The molecule has 4 heteroatoms. The summed E-state index contributed by atoms with van der Waals surface area (Å²) in [4.78, 5) is 0. The molecule has 1 aliphatic carbocycles. The second-order valence-electron chi connectivity index (χ2n) is 10.8. The molecule has 0 amide bonds. The molecular weight excluding hydrogens is 431 g/mol. The second-order valence-corrected chi connectivity index (χ2v) is 10.8. The van der Waals surface area contributed by atoms with Gasteiger partial charge in [0, 0.05) is 10.8 Å². The highest BCUT2D eigenvalue weighted by atomic mass is 16.7. The molecule has 0 bridgehead atoms. The fourth-order valence-corrected chi connectivity index (χ4v) is 6.09. The van der Waals surface area contributed by atoms with Crippen molar-refractivity contribution < 1.29 is 13.7 Å². The molecule has 3 nitrogen and oxygen atoms in total. The minimum absolute atomic E-state index is 0.432. The topological polar surface area (TPSA) is 31.6 Å². The first-order chi connectivity index (χ1) is 16.8. The Hall–Kier alpha value is -3.34. The van der Waals surface area contributed by atoms with Crippen LogP contribution in [0.1, 0.15) is 49.9 Å². The van der Waals surface area contributed by atoms with Gasteiger partial charge in [-0.05, 0) is 67.5 Å². The van der Waals surface area contributed by atoms with Crippen molar-refractivity contribution in [3.63, 3.8) is 0 Å². The van der Waals surface area contributed by atoms with Gasteiger partial charge in [-0.2, -0.15) is 0 Å². The summed E-state index contributed by atoms with van der Waals surface area (Å²) >= 11 is 0. The van der Waals surface area contributed by atoms with E-state index >= 15 is 0 Å². The molecule has 1 saturated heterocycles. The number of rotatable bonds is 3. The lowest BCUT2D eigenvalue weighted by Gasteiger charge is -2.36. The van der Waals surface area contributed by atoms with Gasteiger partial charge in [-0.15, -0.1) is 0 Å². The number of benzene rings is 4. The molecule has 0 spiro atoms. The third-order valence-corrected chi connectivity index (χ3v) is 8.40. The van der Waals surface area contributed by atoms with E-state index in [2.05, 4.69) is 119 Å². The van der Waals surface area contributed by atoms with E-state index in [4.69, 9.17) is 13.7 Å². The highest BCUT2D eigenvalue weighted by Crippen LogP contribution is 2.56. The van der Waals surface area contributed by atoms with Gasteiger partial charge in [0.2, 0.25) is 0 Å². The molecule has 7 rings (SSSR count). The van der Waals surface area contributed by atoms with E-state index < -0.39 is 23.7 Å². The average molecular weight is 458 g/mol. The first kappa shape index (κ1) is 21.0. The Bertz CT molecular complexity index is 1540. The van der Waals surface area contributed by atoms with Crippen molar-refractivity contribution in [3.8, 4) is 0 Å². The molecule has 0 atom stereocenters. The summed E-state index contributed by atoms with van der Waals surface area (Å²) in [6.45, 7) is 8.43. The molecule has 1 aliphatic heterocycles. The molecule has 1 aromatic heterocycles. The van der Waals surface area contributed by atoms with Gasteiger partial charge >= 0.3 is 7.12 Å². The molecule has 2 aliphatic rings. The Kier molecular flexibility index (Phi) is 4.12. The first-order valence-corrected chi connectivity index (χ1v) is 12.3. The van der Waals surface area contributed by atoms with Gasteiger partial charge in [0.1, 0.15) is 11.2 Å². The van der Waals surface area contributed by atoms with Gasteiger partial charge < -0.3 is 13.7 Å². The van der Waals surface area contributed by atoms with Crippen LogP contribution in [0.25, 0.3) is 21.9 Å². The maximum atomic E-state index is 6.63. The van der Waals surface area contributed by atoms with Crippen molar-refractivity contribution in [2.75, 3.05) is 0 Å². The molecular formula is C31H27BO3. The Morgan fingerprint density at radius 2 is 1.14 bits per heavy atom. The van der Waals surface area contributed by atoms with Crippen LogP contribution in [0.15, 0.2) is 95.4 Å². The zero-order valence-corrected chi connectivity index (χ0v) is 20.5. The molecule has 35 heavy (non-hydrogen) atoms. The monoisotopic (exact) mass is 458 g/mol. The lowest BCUT2D eigenvalue weighted by molar-refractivity contribution is 0.00578. The van der Waals surface area contributed by atoms with Crippen LogP contribution in [0.3, 0.4) is 0 Å². The highest BCUT2D eigenvalue weighted by molar-refractivity contribution is 6.63. The summed E-state index contributed by atoms with van der Waals surface area (Å²) in [5.74, 6) is 0. The van der Waals surface area contributed by atoms with Gasteiger partial charge in [-0.1, -0.05) is 78.9 Å². The van der Waals surface area contributed by atoms with Crippen LogP contribution in [0.5, 0.6) is 0 Å². The SMILES string of the molecule is CC1(C)OB(c2ccc3oc4cccc5c4c3c2C5(c2ccccc2)c2ccccc2)OC1(C)C. The number of furan rings is 1. The van der Waals surface area contributed by atoms with E-state index in [1.165, 1.54) is 27.6 Å². The molecule has 0 unspecified atom stereocenters. The third kappa shape index (κ3) is 2.59. The Morgan fingerprint density at radius 1 is 0.571 bits per heavy atom. The predicted octanol–water partition coefficient (Wildman–Crippen LogP) is 6.58. The van der Waals surface area contributed by atoms with Crippen LogP contribution in [-0.4, -0.2) is 18.3 Å².